The van der Waals surface area contributed by atoms with E-state index in [-0.39, 0.29) is 228 Å². The average molecular weight is 1440 g/mol. The highest BCUT2D eigenvalue weighted by atomic mass is 16.4. The van der Waals surface area contributed by atoms with Crippen LogP contribution in [0.4, 0.5) is 0 Å². The molecule has 0 aromatic rings. The molecule has 0 spiro atoms. The van der Waals surface area contributed by atoms with Crippen LogP contribution < -0.4 is 151 Å². The quantitative estimate of drug-likeness (QED) is 0.0153. The first-order chi connectivity index (χ1) is 47.6. The number of nitrogens with zero attached hydrogens (tertiary/aromatic N) is 9. The molecular formula is C55H112N36O10. The summed E-state index contributed by atoms with van der Waals surface area (Å²) in [4.78, 5) is 163. The molecule has 0 unspecified atom stereocenters. The van der Waals surface area contributed by atoms with Gasteiger partial charge in [0, 0.05) is 58.9 Å². The molecule has 0 aliphatic rings. The number of carbonyl (C=O) groups excluding carboxylic acids is 8. The van der Waals surface area contributed by atoms with E-state index in [9.17, 15) is 48.3 Å². The maximum absolute atomic E-state index is 14.9. The smallest absolute Gasteiger partial charge is 0.326 e. The Balaban J connectivity index is 7.79. The van der Waals surface area contributed by atoms with Crippen LogP contribution in [0.1, 0.15) is 122 Å². The van der Waals surface area contributed by atoms with Crippen molar-refractivity contribution in [3.8, 4) is 0 Å². The van der Waals surface area contributed by atoms with Crippen molar-refractivity contribution < 1.29 is 48.3 Å². The van der Waals surface area contributed by atoms with Crippen LogP contribution in [0.25, 0.3) is 0 Å². The van der Waals surface area contributed by atoms with Gasteiger partial charge in [0.1, 0.15) is 48.3 Å². The third-order valence-electron chi connectivity index (χ3n) is 14.2. The zero-order valence-electron chi connectivity index (χ0n) is 57.1. The maximum atomic E-state index is 14.9. The van der Waals surface area contributed by atoms with Gasteiger partial charge in [0.05, 0.1) is 6.04 Å². The Kier molecular flexibility index (Phi) is 46.0. The first-order valence-electron chi connectivity index (χ1n) is 32.5. The third-order valence-corrected chi connectivity index (χ3v) is 14.2. The predicted octanol–water partition coefficient (Wildman–Crippen LogP) is -12.9. The van der Waals surface area contributed by atoms with Crippen LogP contribution in [0.15, 0.2) is 44.9 Å². The summed E-state index contributed by atoms with van der Waals surface area (Å²) in [6, 6.07) is -13.0. The number of carboxylic acids is 1. The van der Waals surface area contributed by atoms with Crippen molar-refractivity contribution in [3.63, 3.8) is 0 Å². The van der Waals surface area contributed by atoms with Gasteiger partial charge in [-0.2, -0.15) is 0 Å². The molecule has 0 aliphatic heterocycles. The molecule has 9 atom stereocenters. The van der Waals surface area contributed by atoms with Gasteiger partial charge in [-0.3, -0.25) is 83.3 Å². The molecule has 0 aromatic carbocycles. The van der Waals surface area contributed by atoms with Crippen molar-refractivity contribution in [2.24, 2.45) is 154 Å². The van der Waals surface area contributed by atoms with Gasteiger partial charge in [-0.05, 0) is 122 Å². The summed E-state index contributed by atoms with van der Waals surface area (Å²) in [5.74, 6) is -11.0. The van der Waals surface area contributed by atoms with E-state index in [1.165, 1.54) is 0 Å². The second-order valence-corrected chi connectivity index (χ2v) is 22.8. The lowest BCUT2D eigenvalue weighted by atomic mass is 10.0. The lowest BCUT2D eigenvalue weighted by Gasteiger charge is -2.28. The van der Waals surface area contributed by atoms with E-state index in [2.05, 4.69) is 87.5 Å². The van der Waals surface area contributed by atoms with Crippen LogP contribution in [0, 0.1) is 0 Å². The van der Waals surface area contributed by atoms with Crippen LogP contribution in [0.2, 0.25) is 0 Å². The van der Waals surface area contributed by atoms with E-state index in [1.54, 1.807) is 0 Å². The van der Waals surface area contributed by atoms with Crippen molar-refractivity contribution in [1.29, 1.82) is 0 Å². The van der Waals surface area contributed by atoms with Gasteiger partial charge in [0.15, 0.2) is 53.6 Å². The molecule has 46 nitrogen and oxygen atoms in total. The lowest BCUT2D eigenvalue weighted by molar-refractivity contribution is -0.142. The van der Waals surface area contributed by atoms with Crippen molar-refractivity contribution >= 4 is 107 Å². The molecule has 0 saturated heterocycles. The number of hydrogen-bond donors (Lipinski definition) is 28. The van der Waals surface area contributed by atoms with Crippen molar-refractivity contribution in [2.75, 3.05) is 58.9 Å². The monoisotopic (exact) mass is 1440 g/mol. The Morgan fingerprint density at radius 1 is 0.218 bits per heavy atom. The summed E-state index contributed by atoms with van der Waals surface area (Å²) in [5.41, 5.74) is 106. The zero-order chi connectivity index (χ0) is 76.4. The number of hydrogen-bond acceptors (Lipinski definition) is 19. The molecule has 572 valence electrons. The number of amides is 8. The highest BCUT2D eigenvalue weighted by Gasteiger charge is 2.35. The SMILES string of the molecule is NC(N)=NCCCC[C@H](NC(=O)[C@H](CCCN=C(N)N)NC(=O)[C@H](CCCN=C(N)N)NC(=O)[C@@H](N)CCCN=C(N)N)C(=O)N[C@@H](CCCN=C(N)N)C(=O)N[C@@H](CCCN=C(N)N)C(=O)N[C@@H](CCCN=C(N)N)C(=O)N[C@@H](CCCN=C(N)N)C(=O)N[C@@H](CCCN=C(N)N)C(=O)O. The van der Waals surface area contributed by atoms with Gasteiger partial charge in [0.2, 0.25) is 47.3 Å². The van der Waals surface area contributed by atoms with E-state index in [1.807, 2.05) is 0 Å². The third kappa shape index (κ3) is 45.7. The maximum Gasteiger partial charge on any atom is 0.326 e. The summed E-state index contributed by atoms with van der Waals surface area (Å²) in [5, 5.41) is 31.0. The van der Waals surface area contributed by atoms with Crippen LogP contribution in [0.3, 0.4) is 0 Å². The average Bonchev–Trinajstić information content (AvgIpc) is 0.866. The molecule has 0 saturated carbocycles. The predicted molar refractivity (Wildman–Crippen MR) is 385 cm³/mol. The molecule has 101 heavy (non-hydrogen) atoms. The Morgan fingerprint density at radius 3 is 0.554 bits per heavy atom. The number of carboxylic acid groups (broad SMARTS) is 1. The molecule has 0 fully saturated rings. The molecule has 0 bridgehead atoms. The lowest BCUT2D eigenvalue weighted by Crippen LogP contribution is -2.60. The molecule has 46 heteroatoms. The van der Waals surface area contributed by atoms with Gasteiger partial charge in [0.25, 0.3) is 0 Å². The van der Waals surface area contributed by atoms with E-state index >= 15 is 0 Å². The van der Waals surface area contributed by atoms with Gasteiger partial charge < -0.3 is 157 Å². The largest absolute Gasteiger partial charge is 0.480 e. The number of carbonyl (C=O) groups is 9. The standard InChI is InChI=1S/C55H112N36O10/c56-29(11-3-21-76-48(59)60)38(92)84-31(13-4-22-77-49(61)62)40(94)87-32(14-5-23-78-50(63)64)41(95)85-30(12-1-2-20-75-47(57)58)39(93)86-33(15-6-24-79-51(65)66)42(96)88-34(16-7-25-80-52(67)68)43(97)89-35(17-8-26-81-53(69)70)44(98)90-36(18-9-27-82-54(71)72)45(99)91-37(46(100)101)19-10-28-83-55(73)74/h29-37H,1-28,56H2,(H,84,92)(H,85,95)(H,86,93)(H,87,94)(H,88,96)(H,89,97)(H,90,98)(H,91,99)(H,100,101)(H4,57,58,75)(H4,59,60,76)(H4,61,62,77)(H4,63,64,78)(H4,65,66,79)(H4,67,68,80)(H4,69,70,81)(H4,71,72,82)(H4,73,74,83)/t29-,30-,31-,32-,33-,34-,35-,36-,37-/m0/s1. The van der Waals surface area contributed by atoms with Crippen LogP contribution in [-0.2, 0) is 43.2 Å². The minimum atomic E-state index is -1.56. The number of nitrogens with two attached hydrogens (primary N) is 19. The van der Waals surface area contributed by atoms with Crippen molar-refractivity contribution in [3.05, 3.63) is 0 Å². The second-order valence-electron chi connectivity index (χ2n) is 22.8. The molecular weight excluding hydrogens is 1320 g/mol. The first kappa shape index (κ1) is 89.6. The van der Waals surface area contributed by atoms with Crippen LogP contribution in [0.5, 0.6) is 0 Å². The van der Waals surface area contributed by atoms with Gasteiger partial charge >= 0.3 is 5.97 Å². The molecule has 0 radical (unpaired) electrons. The molecule has 0 aromatic heterocycles. The Morgan fingerprint density at radius 2 is 0.366 bits per heavy atom. The number of guanidine groups is 9. The van der Waals surface area contributed by atoms with Gasteiger partial charge in [-0.1, -0.05) is 0 Å². The topological polar surface area (TPSA) is 876 Å². The highest BCUT2D eigenvalue weighted by Crippen LogP contribution is 2.13. The van der Waals surface area contributed by atoms with Crippen LogP contribution in [-0.4, -0.2) is 225 Å². The summed E-state index contributed by atoms with van der Waals surface area (Å²) >= 11 is 0. The van der Waals surface area contributed by atoms with Gasteiger partial charge in [-0.25, -0.2) is 4.79 Å². The summed E-state index contributed by atoms with van der Waals surface area (Å²) in [6.07, 6.45) is 0.0879. The summed E-state index contributed by atoms with van der Waals surface area (Å²) in [6.45, 7) is 0.0936. The van der Waals surface area contributed by atoms with Gasteiger partial charge in [-0.15, -0.1) is 0 Å². The molecule has 0 heterocycles. The minimum Gasteiger partial charge on any atom is -0.480 e. The van der Waals surface area contributed by atoms with E-state index in [0.29, 0.717) is 6.42 Å². The zero-order valence-corrected chi connectivity index (χ0v) is 57.1. The minimum absolute atomic E-state index is 0.0188. The van der Waals surface area contributed by atoms with Crippen molar-refractivity contribution in [1.82, 2.24) is 42.5 Å². The van der Waals surface area contributed by atoms with E-state index in [4.69, 9.17) is 109 Å². The molecule has 0 aliphatic carbocycles. The summed E-state index contributed by atoms with van der Waals surface area (Å²) in [7, 11) is 0. The summed E-state index contributed by atoms with van der Waals surface area (Å²) < 4.78 is 0. The fraction of sp³-hybridized carbons (Fsp3) is 0.673. The fourth-order valence-electron chi connectivity index (χ4n) is 9.17. The van der Waals surface area contributed by atoms with Crippen LogP contribution >= 0.6 is 0 Å². The highest BCUT2D eigenvalue weighted by molar-refractivity contribution is 5.98. The second kappa shape index (κ2) is 51.8. The Bertz CT molecular complexity index is 2870. The molecule has 47 N–H and O–H groups in total. The number of nitrogens with one attached hydrogen (secondary N) is 8. The van der Waals surface area contributed by atoms with Crippen molar-refractivity contribution in [2.45, 2.75) is 176 Å². The van der Waals surface area contributed by atoms with E-state index < -0.39 is 108 Å². The molecule has 8 amide bonds. The fourth-order valence-corrected chi connectivity index (χ4v) is 9.17. The number of aliphatic imine (C=N–C) groups is 9. The normalized spacial score (nSPS) is 13.3. The Labute approximate surface area is 585 Å². The van der Waals surface area contributed by atoms with E-state index in [0.717, 1.165) is 0 Å². The molecule has 0 rings (SSSR count). The first-order valence-corrected chi connectivity index (χ1v) is 32.5. The number of unbranched alkanes of at least 4 members (excludes halogenated alkanes) is 1. The number of aliphatic carboxylic acids is 1. The Hall–Kier alpha value is -11.4. The number of rotatable bonds is 54.